The Kier molecular flexibility index (Phi) is 6.43. The average Bonchev–Trinajstić information content (AvgIpc) is 2.92. The van der Waals surface area contributed by atoms with Crippen molar-refractivity contribution in [2.45, 2.75) is 6.36 Å². The van der Waals surface area contributed by atoms with Crippen molar-refractivity contribution >= 4 is 32.6 Å². The zero-order chi connectivity index (χ0) is 22.8. The van der Waals surface area contributed by atoms with Crippen LogP contribution in [0.5, 0.6) is 11.5 Å². The molecule has 0 saturated carbocycles. The van der Waals surface area contributed by atoms with E-state index in [1.165, 1.54) is 18.2 Å². The van der Waals surface area contributed by atoms with Gasteiger partial charge in [-0.05, 0) is 23.6 Å². The van der Waals surface area contributed by atoms with Crippen molar-refractivity contribution in [3.8, 4) is 11.5 Å². The number of benzene rings is 2. The minimum Gasteiger partial charge on any atom is -0.506 e. The van der Waals surface area contributed by atoms with E-state index in [0.717, 1.165) is 6.07 Å². The molecule has 9 nitrogen and oxygen atoms in total. The highest BCUT2D eigenvalue weighted by molar-refractivity contribution is 7.92. The number of rotatable bonds is 8. The summed E-state index contributed by atoms with van der Waals surface area (Å²) in [6.45, 7) is -1.08. The van der Waals surface area contributed by atoms with E-state index in [1.807, 2.05) is 0 Å². The summed E-state index contributed by atoms with van der Waals surface area (Å²) in [4.78, 5) is 11.4. The number of aromatic hydroxyl groups is 1. The van der Waals surface area contributed by atoms with Crippen molar-refractivity contribution < 1.29 is 45.4 Å². The van der Waals surface area contributed by atoms with E-state index >= 15 is 4.39 Å². The van der Waals surface area contributed by atoms with E-state index in [0.29, 0.717) is 4.31 Å². The van der Waals surface area contributed by atoms with Gasteiger partial charge in [0.1, 0.15) is 30.3 Å². The molecular formula is C17H17F4N3O6S. The molecule has 1 aliphatic heterocycles. The highest BCUT2D eigenvalue weighted by Gasteiger charge is 2.37. The summed E-state index contributed by atoms with van der Waals surface area (Å²) in [5, 5.41) is 13.0. The molecule has 2 aromatic carbocycles. The van der Waals surface area contributed by atoms with Crippen molar-refractivity contribution in [1.82, 2.24) is 10.0 Å². The van der Waals surface area contributed by atoms with Gasteiger partial charge >= 0.3 is 16.6 Å². The van der Waals surface area contributed by atoms with Gasteiger partial charge in [0.2, 0.25) is 0 Å². The minimum absolute atomic E-state index is 0.0447. The van der Waals surface area contributed by atoms with Gasteiger partial charge in [0, 0.05) is 18.5 Å². The van der Waals surface area contributed by atoms with Gasteiger partial charge in [-0.15, -0.1) is 13.2 Å². The zero-order valence-electron chi connectivity index (χ0n) is 15.7. The number of amides is 1. The van der Waals surface area contributed by atoms with Gasteiger partial charge in [0.15, 0.2) is 5.82 Å². The lowest BCUT2D eigenvalue weighted by Crippen LogP contribution is -2.30. The zero-order valence-corrected chi connectivity index (χ0v) is 16.5. The van der Waals surface area contributed by atoms with Gasteiger partial charge in [-0.1, -0.05) is 6.07 Å². The van der Waals surface area contributed by atoms with Gasteiger partial charge in [-0.25, -0.2) is 13.4 Å². The first-order valence-electron chi connectivity index (χ1n) is 8.81. The lowest BCUT2D eigenvalue weighted by atomic mass is 10.1. The van der Waals surface area contributed by atoms with E-state index < -0.39 is 52.9 Å². The molecule has 0 bridgehead atoms. The van der Waals surface area contributed by atoms with Crippen LogP contribution in [0.25, 0.3) is 10.8 Å². The Hall–Kier alpha value is -2.84. The van der Waals surface area contributed by atoms with Gasteiger partial charge in [0.05, 0.1) is 6.61 Å². The van der Waals surface area contributed by atoms with Crippen LogP contribution < -0.4 is 19.1 Å². The maximum absolute atomic E-state index is 15.1. The van der Waals surface area contributed by atoms with Crippen LogP contribution in [0.4, 0.5) is 23.2 Å². The molecule has 0 radical (unpaired) electrons. The fraction of sp³-hybridized carbons (Fsp3) is 0.353. The van der Waals surface area contributed by atoms with Crippen LogP contribution in [0.2, 0.25) is 0 Å². The molecule has 2 aromatic rings. The lowest BCUT2D eigenvalue weighted by Gasteiger charge is -2.18. The highest BCUT2D eigenvalue weighted by Crippen LogP contribution is 2.39. The molecule has 3 N–H and O–H groups in total. The lowest BCUT2D eigenvalue weighted by molar-refractivity contribution is -0.323. The summed E-state index contributed by atoms with van der Waals surface area (Å²) >= 11 is 0. The summed E-state index contributed by atoms with van der Waals surface area (Å²) in [5.74, 6) is -2.40. The molecule has 1 saturated heterocycles. The number of ether oxygens (including phenoxy) is 2. The Morgan fingerprint density at radius 1 is 1.19 bits per heavy atom. The topological polar surface area (TPSA) is 117 Å². The third-order valence-electron chi connectivity index (χ3n) is 4.17. The molecule has 1 amide bonds. The molecule has 31 heavy (non-hydrogen) atoms. The second kappa shape index (κ2) is 8.72. The van der Waals surface area contributed by atoms with Crippen molar-refractivity contribution in [3.63, 3.8) is 0 Å². The standard InChI is InChI=1S/C17H17F4N3O6S/c18-15-12-8-11(29-5-3-22-4-6-30-17(19,20)21)2-1-10(12)7-13(25)16(15)24-9-14(26)23-31(24,27)28/h1-2,7-8,22,25H,3-6,9H2,(H,23,26). The molecule has 1 fully saturated rings. The maximum Gasteiger partial charge on any atom is 0.522 e. The fourth-order valence-corrected chi connectivity index (χ4v) is 4.05. The third-order valence-corrected chi connectivity index (χ3v) is 5.54. The van der Waals surface area contributed by atoms with Crippen LogP contribution >= 0.6 is 0 Å². The van der Waals surface area contributed by atoms with Crippen molar-refractivity contribution in [1.29, 1.82) is 0 Å². The highest BCUT2D eigenvalue weighted by atomic mass is 32.2. The number of phenolic OH excluding ortho intramolecular Hbond substituents is 1. The predicted octanol–water partition coefficient (Wildman–Crippen LogP) is 1.37. The Morgan fingerprint density at radius 3 is 2.55 bits per heavy atom. The Bertz CT molecular complexity index is 1090. The summed E-state index contributed by atoms with van der Waals surface area (Å²) in [6.07, 6.45) is -4.70. The molecular weight excluding hydrogens is 450 g/mol. The Balaban J connectivity index is 1.70. The van der Waals surface area contributed by atoms with E-state index in [-0.39, 0.29) is 36.2 Å². The average molecular weight is 467 g/mol. The molecule has 0 aliphatic carbocycles. The van der Waals surface area contributed by atoms with E-state index in [1.54, 1.807) is 4.72 Å². The first kappa shape index (κ1) is 22.8. The fourth-order valence-electron chi connectivity index (χ4n) is 2.88. The number of carbonyl (C=O) groups is 1. The number of fused-ring (bicyclic) bond motifs is 1. The minimum atomic E-state index is -4.70. The monoisotopic (exact) mass is 467 g/mol. The number of alkyl halides is 3. The molecule has 0 spiro atoms. The Morgan fingerprint density at radius 2 is 1.90 bits per heavy atom. The molecule has 1 aliphatic rings. The van der Waals surface area contributed by atoms with Crippen LogP contribution in [-0.2, 0) is 19.7 Å². The number of nitrogens with one attached hydrogen (secondary N) is 2. The number of anilines is 1. The normalized spacial score (nSPS) is 16.0. The van der Waals surface area contributed by atoms with Crippen LogP contribution in [-0.4, -0.2) is 58.6 Å². The smallest absolute Gasteiger partial charge is 0.506 e. The number of carbonyl (C=O) groups excluding carboxylic acids is 1. The van der Waals surface area contributed by atoms with E-state index in [9.17, 15) is 31.5 Å². The maximum atomic E-state index is 15.1. The van der Waals surface area contributed by atoms with Gasteiger partial charge < -0.3 is 15.2 Å². The van der Waals surface area contributed by atoms with Crippen LogP contribution in [0.1, 0.15) is 0 Å². The molecule has 0 aromatic heterocycles. The molecule has 3 rings (SSSR count). The third kappa shape index (κ3) is 5.45. The van der Waals surface area contributed by atoms with Crippen LogP contribution in [0, 0.1) is 5.82 Å². The summed E-state index contributed by atoms with van der Waals surface area (Å²) in [5.41, 5.74) is -0.672. The predicted molar refractivity (Wildman–Crippen MR) is 100 cm³/mol. The summed E-state index contributed by atoms with van der Waals surface area (Å²) in [7, 11) is -4.33. The van der Waals surface area contributed by atoms with E-state index in [2.05, 4.69) is 10.1 Å². The van der Waals surface area contributed by atoms with Gasteiger partial charge in [0.25, 0.3) is 5.91 Å². The molecule has 1 heterocycles. The quantitative estimate of drug-likeness (QED) is 0.397. The Labute approximate surface area is 173 Å². The van der Waals surface area contributed by atoms with Crippen molar-refractivity contribution in [2.24, 2.45) is 0 Å². The van der Waals surface area contributed by atoms with Crippen LogP contribution in [0.3, 0.4) is 0 Å². The number of hydrogen-bond acceptors (Lipinski definition) is 7. The second-order valence-electron chi connectivity index (χ2n) is 6.37. The largest absolute Gasteiger partial charge is 0.522 e. The second-order valence-corrected chi connectivity index (χ2v) is 7.97. The summed E-state index contributed by atoms with van der Waals surface area (Å²) in [6, 6.07) is 5.34. The van der Waals surface area contributed by atoms with Gasteiger partial charge in [-0.2, -0.15) is 8.42 Å². The number of phenols is 1. The number of halogens is 4. The number of nitrogens with zero attached hydrogens (tertiary/aromatic N) is 1. The molecule has 0 atom stereocenters. The van der Waals surface area contributed by atoms with Gasteiger partial charge in [-0.3, -0.25) is 9.53 Å². The molecule has 0 unspecified atom stereocenters. The summed E-state index contributed by atoms with van der Waals surface area (Å²) < 4.78 is 85.8. The van der Waals surface area contributed by atoms with E-state index in [4.69, 9.17) is 4.74 Å². The number of hydrogen-bond donors (Lipinski definition) is 3. The first-order chi connectivity index (χ1) is 14.5. The molecule has 170 valence electrons. The van der Waals surface area contributed by atoms with Crippen LogP contribution in [0.15, 0.2) is 24.3 Å². The first-order valence-corrected chi connectivity index (χ1v) is 10.2. The van der Waals surface area contributed by atoms with Crippen molar-refractivity contribution in [2.75, 3.05) is 37.2 Å². The van der Waals surface area contributed by atoms with Crippen molar-refractivity contribution in [3.05, 3.63) is 30.1 Å². The molecule has 14 heteroatoms. The SMILES string of the molecule is O=C1CN(c2c(O)cc3ccc(OCCNCCOC(F)(F)F)cc3c2F)S(=O)(=O)N1.